The fourth-order valence-electron chi connectivity index (χ4n) is 2.47. The molecule has 0 nitrogen and oxygen atoms in total. The van der Waals surface area contributed by atoms with Gasteiger partial charge in [-0.2, -0.15) is 0 Å². The highest BCUT2D eigenvalue weighted by molar-refractivity contribution is 5.21. The first-order chi connectivity index (χ1) is 17.4. The molecule has 0 bridgehead atoms. The van der Waals surface area contributed by atoms with Crippen LogP contribution in [0, 0.1) is 27.7 Å². The van der Waals surface area contributed by atoms with Crippen LogP contribution in [-0.2, 0) is 6.42 Å². The Kier molecular flexibility index (Phi) is 31.1. The van der Waals surface area contributed by atoms with E-state index in [9.17, 15) is 0 Å². The lowest BCUT2D eigenvalue weighted by Gasteiger charge is -1.97. The van der Waals surface area contributed by atoms with E-state index in [-0.39, 0.29) is 0 Å². The predicted octanol–water partition coefficient (Wildman–Crippen LogP) is 11.6. The number of hydrogen-bond acceptors (Lipinski definition) is 0. The van der Waals surface area contributed by atoms with Crippen LogP contribution in [0.3, 0.4) is 0 Å². The van der Waals surface area contributed by atoms with Crippen molar-refractivity contribution >= 4 is 0 Å². The molecular weight excluding hydrogens is 432 g/mol. The highest BCUT2D eigenvalue weighted by atomic mass is 13.9. The van der Waals surface area contributed by atoms with Crippen LogP contribution in [0.1, 0.15) is 75.8 Å². The minimum Gasteiger partial charge on any atom is -0.0991 e. The van der Waals surface area contributed by atoms with Gasteiger partial charge in [-0.3, -0.25) is 0 Å². The summed E-state index contributed by atoms with van der Waals surface area (Å²) in [6.45, 7) is 24.1. The third-order valence-corrected chi connectivity index (χ3v) is 4.37. The Labute approximate surface area is 225 Å². The minimum atomic E-state index is 1.21. The van der Waals surface area contributed by atoms with Crippen molar-refractivity contribution in [2.75, 3.05) is 0 Å². The van der Waals surface area contributed by atoms with Crippen LogP contribution < -0.4 is 0 Å². The van der Waals surface area contributed by atoms with Crippen molar-refractivity contribution in [2.24, 2.45) is 0 Å². The van der Waals surface area contributed by atoms with Crippen LogP contribution in [0.5, 0.6) is 0 Å². The van der Waals surface area contributed by atoms with Gasteiger partial charge in [0.25, 0.3) is 0 Å². The van der Waals surface area contributed by atoms with E-state index in [2.05, 4.69) is 102 Å². The molecule has 0 N–H and O–H groups in total. The van der Waals surface area contributed by atoms with Gasteiger partial charge < -0.3 is 0 Å². The van der Waals surface area contributed by atoms with Gasteiger partial charge in [0.05, 0.1) is 0 Å². The van der Waals surface area contributed by atoms with Gasteiger partial charge in [0.1, 0.15) is 0 Å². The van der Waals surface area contributed by atoms with Crippen molar-refractivity contribution in [3.63, 3.8) is 0 Å². The Balaban J connectivity index is -0.000000389. The van der Waals surface area contributed by atoms with Crippen LogP contribution in [-0.4, -0.2) is 0 Å². The molecule has 0 amide bonds. The van der Waals surface area contributed by atoms with Crippen molar-refractivity contribution in [2.45, 2.75) is 82.1 Å². The number of hydrogen-bond donors (Lipinski definition) is 0. The van der Waals surface area contributed by atoms with Crippen LogP contribution in [0.4, 0.5) is 0 Å². The molecule has 0 heterocycles. The van der Waals surface area contributed by atoms with E-state index in [1.807, 2.05) is 77.1 Å². The van der Waals surface area contributed by atoms with E-state index in [1.165, 1.54) is 40.7 Å². The summed E-state index contributed by atoms with van der Waals surface area (Å²) in [7, 11) is 0. The molecule has 3 rings (SSSR count). The van der Waals surface area contributed by atoms with Crippen molar-refractivity contribution in [3.8, 4) is 0 Å². The first-order valence-electron chi connectivity index (χ1n) is 13.4. The molecule has 0 spiro atoms. The van der Waals surface area contributed by atoms with Crippen LogP contribution >= 0.6 is 0 Å². The lowest BCUT2D eigenvalue weighted by atomic mass is 10.1. The minimum absolute atomic E-state index is 1.21. The highest BCUT2D eigenvalue weighted by Crippen LogP contribution is 2.04. The summed E-state index contributed by atoms with van der Waals surface area (Å²) in [5, 5.41) is 0. The van der Waals surface area contributed by atoms with Gasteiger partial charge in [-0.25, -0.2) is 0 Å². The second-order valence-electron chi connectivity index (χ2n) is 7.69. The Bertz CT molecular complexity index is 843. The summed E-state index contributed by atoms with van der Waals surface area (Å²) in [5.41, 5.74) is 6.78. The quantitative estimate of drug-likeness (QED) is 0.322. The molecule has 198 valence electrons. The van der Waals surface area contributed by atoms with E-state index < -0.39 is 0 Å². The van der Waals surface area contributed by atoms with Crippen molar-refractivity contribution in [1.82, 2.24) is 0 Å². The zero-order valence-corrected chi connectivity index (χ0v) is 25.0. The molecule has 0 aromatic heterocycles. The molecule has 3 aromatic rings. The number of rotatable bonds is 4. The van der Waals surface area contributed by atoms with Gasteiger partial charge in [0.15, 0.2) is 0 Å². The summed E-state index contributed by atoms with van der Waals surface area (Å²) >= 11 is 0. The van der Waals surface area contributed by atoms with Gasteiger partial charge >= 0.3 is 0 Å². The smallest absolute Gasteiger partial charge is 0.0281 e. The average molecular weight is 487 g/mol. The topological polar surface area (TPSA) is 0 Å². The molecule has 0 radical (unpaired) electrons. The number of benzene rings is 3. The molecule has 0 atom stereocenters. The molecule has 0 aliphatic carbocycles. The Morgan fingerprint density at radius 3 is 1.25 bits per heavy atom. The Hall–Kier alpha value is -3.12. The Morgan fingerprint density at radius 2 is 0.944 bits per heavy atom. The van der Waals surface area contributed by atoms with Gasteiger partial charge in [-0.15, -0.1) is 0 Å². The first-order valence-corrected chi connectivity index (χ1v) is 13.4. The van der Waals surface area contributed by atoms with E-state index >= 15 is 0 Å². The standard InChI is InChI=1S/C10H14.C8H10.C7H8.C7H10.2C2H6/c1-3-4-10-7-5-9(2)6-8-10;1-7-3-5-8(2)6-4-7;1-7-5-3-2-4-6-7;1-3-5-7-6-4-2;2*1-2/h5-8H,3-4H2,1-2H3;3-6H,1-2H3;2-6H,1H3;3-7H,1H2,2H3;2*1-2H3/b;;;6-4-,7-5-;;. The van der Waals surface area contributed by atoms with E-state index in [0.29, 0.717) is 0 Å². The first kappa shape index (κ1) is 37.4. The van der Waals surface area contributed by atoms with Crippen molar-refractivity contribution in [3.05, 3.63) is 144 Å². The van der Waals surface area contributed by atoms with Crippen LogP contribution in [0.15, 0.2) is 116 Å². The van der Waals surface area contributed by atoms with Crippen LogP contribution in [0.2, 0.25) is 0 Å². The summed E-state index contributed by atoms with van der Waals surface area (Å²) < 4.78 is 0. The molecule has 36 heavy (non-hydrogen) atoms. The van der Waals surface area contributed by atoms with Crippen molar-refractivity contribution in [1.29, 1.82) is 0 Å². The third kappa shape index (κ3) is 27.1. The molecule has 0 aliphatic heterocycles. The maximum Gasteiger partial charge on any atom is -0.0281 e. The largest absolute Gasteiger partial charge is 0.0991 e. The summed E-state index contributed by atoms with van der Waals surface area (Å²) in [4.78, 5) is 0. The SMILES string of the molecule is C=C/C=C\C=C/C.CC.CC.CCCc1ccc(C)cc1.Cc1ccc(C)cc1.Cc1ccccc1. The van der Waals surface area contributed by atoms with E-state index in [0.717, 1.165) is 0 Å². The van der Waals surface area contributed by atoms with E-state index in [1.54, 1.807) is 6.08 Å². The fraction of sp³-hybridized carbons (Fsp3) is 0.333. The molecule has 0 fully saturated rings. The molecule has 0 saturated heterocycles. The maximum absolute atomic E-state index is 3.51. The number of aryl methyl sites for hydroxylation is 5. The zero-order chi connectivity index (χ0) is 28.0. The molecule has 0 aliphatic rings. The van der Waals surface area contributed by atoms with Gasteiger partial charge in [-0.05, 0) is 46.6 Å². The number of allylic oxidation sites excluding steroid dienone is 5. The summed E-state index contributed by atoms with van der Waals surface area (Å²) in [6.07, 6.45) is 12.0. The highest BCUT2D eigenvalue weighted by Gasteiger charge is 1.88. The monoisotopic (exact) mass is 486 g/mol. The molecule has 0 saturated carbocycles. The average Bonchev–Trinajstić information content (AvgIpc) is 2.92. The maximum atomic E-state index is 3.51. The van der Waals surface area contributed by atoms with Gasteiger partial charge in [0.2, 0.25) is 0 Å². The summed E-state index contributed by atoms with van der Waals surface area (Å²) in [6, 6.07) is 27.5. The third-order valence-electron chi connectivity index (χ3n) is 4.37. The lowest BCUT2D eigenvalue weighted by Crippen LogP contribution is -1.81. The molecule has 0 heteroatoms. The second-order valence-corrected chi connectivity index (χ2v) is 7.69. The fourth-order valence-corrected chi connectivity index (χ4v) is 2.47. The normalized spacial score (nSPS) is 8.94. The zero-order valence-electron chi connectivity index (χ0n) is 25.0. The van der Waals surface area contributed by atoms with Gasteiger partial charge in [-0.1, -0.05) is 179 Å². The van der Waals surface area contributed by atoms with E-state index in [4.69, 9.17) is 0 Å². The van der Waals surface area contributed by atoms with Crippen LogP contribution in [0.25, 0.3) is 0 Å². The molecular formula is C36H54. The molecule has 3 aromatic carbocycles. The second kappa shape index (κ2) is 29.9. The van der Waals surface area contributed by atoms with Gasteiger partial charge in [0, 0.05) is 0 Å². The lowest BCUT2D eigenvalue weighted by molar-refractivity contribution is 0.921. The van der Waals surface area contributed by atoms with Crippen molar-refractivity contribution < 1.29 is 0 Å². The summed E-state index contributed by atoms with van der Waals surface area (Å²) in [5.74, 6) is 0. The predicted molar refractivity (Wildman–Crippen MR) is 169 cm³/mol. The molecule has 0 unspecified atom stereocenters. The Morgan fingerprint density at radius 1 is 0.556 bits per heavy atom.